The van der Waals surface area contributed by atoms with Gasteiger partial charge in [0.2, 0.25) is 0 Å². The molecule has 0 aromatic carbocycles. The molecular weight excluding hydrogens is 146 g/mol. The Morgan fingerprint density at radius 1 is 1.33 bits per heavy atom. The summed E-state index contributed by atoms with van der Waals surface area (Å²) in [6, 6.07) is 0. The van der Waals surface area contributed by atoms with Crippen molar-refractivity contribution in [1.82, 2.24) is 0 Å². The van der Waals surface area contributed by atoms with E-state index in [1.807, 2.05) is 0 Å². The van der Waals surface area contributed by atoms with Crippen LogP contribution >= 0.6 is 0 Å². The molecule has 0 aliphatic carbocycles. The van der Waals surface area contributed by atoms with Crippen LogP contribution in [0.4, 0.5) is 0 Å². The summed E-state index contributed by atoms with van der Waals surface area (Å²) in [6.45, 7) is 6.44. The molecule has 0 fully saturated rings. The summed E-state index contributed by atoms with van der Waals surface area (Å²) >= 11 is 0. The van der Waals surface area contributed by atoms with Gasteiger partial charge in [0, 0.05) is 0 Å². The predicted molar refractivity (Wildman–Crippen MR) is 24.9 cm³/mol. The molecule has 0 rings (SSSR count). The van der Waals surface area contributed by atoms with Gasteiger partial charge in [-0.3, -0.25) is 0 Å². The van der Waals surface area contributed by atoms with Crippen LogP contribution < -0.4 is 58.2 Å². The van der Waals surface area contributed by atoms with E-state index in [1.54, 1.807) is 0 Å². The molecule has 0 amide bonds. The molecule has 0 heterocycles. The second-order valence-corrected chi connectivity index (χ2v) is 1.56. The van der Waals surface area contributed by atoms with E-state index in [9.17, 15) is 0 Å². The Hall–Kier alpha value is 1.81. The third-order valence-corrected chi connectivity index (χ3v) is 0.707. The smallest absolute Gasteiger partial charge is 0.320 e. The van der Waals surface area contributed by atoms with Crippen LogP contribution in [0.25, 0.3) is 0 Å². The van der Waals surface area contributed by atoms with E-state index in [0.717, 1.165) is 0 Å². The fourth-order valence-corrected chi connectivity index (χ4v) is 0. The topological polar surface area (TPSA) is 0 Å². The van der Waals surface area contributed by atoms with E-state index in [-0.39, 0.29) is 58.2 Å². The summed E-state index contributed by atoms with van der Waals surface area (Å²) in [7, 11) is 0. The summed E-state index contributed by atoms with van der Waals surface area (Å²) in [5.74, 6) is 1.50. The Balaban J connectivity index is 0. The maximum absolute atomic E-state index is 2.16. The summed E-state index contributed by atoms with van der Waals surface area (Å²) in [5.41, 5.74) is 0. The molecule has 0 unspecified atom stereocenters. The largest absolute Gasteiger partial charge is 1.00 e. The van der Waals surface area contributed by atoms with E-state index in [0.29, 0.717) is 0 Å². The molecule has 0 aromatic rings. The van der Waals surface area contributed by atoms with E-state index in [2.05, 4.69) is 20.8 Å². The summed E-state index contributed by atoms with van der Waals surface area (Å²) in [5, 5.41) is 0. The first-order valence-corrected chi connectivity index (χ1v) is 2.06. The first-order chi connectivity index (χ1) is 2.27. The normalized spacial score (nSPS) is 8.00. The molecule has 0 saturated heterocycles. The van der Waals surface area contributed by atoms with Crippen LogP contribution in [0.5, 0.6) is 0 Å². The van der Waals surface area contributed by atoms with Gasteiger partial charge in [0.15, 0.2) is 0 Å². The Morgan fingerprint density at radius 2 is 1.50 bits per heavy atom. The summed E-state index contributed by atoms with van der Waals surface area (Å²) in [4.78, 5) is 0. The van der Waals surface area contributed by atoms with Crippen LogP contribution in [0, 0.1) is 5.92 Å². The molecule has 0 nitrogen and oxygen atoms in total. The van der Waals surface area contributed by atoms with Crippen molar-refractivity contribution < 1.29 is 58.2 Å². The van der Waals surface area contributed by atoms with Gasteiger partial charge in [0.1, 0.15) is 0 Å². The van der Waals surface area contributed by atoms with Crippen LogP contribution in [-0.2, 0) is 0 Å². The minimum Gasteiger partial charge on any atom is -0.320 e. The zero-order valence-corrected chi connectivity index (χ0v) is 10.1. The maximum Gasteiger partial charge on any atom is 1.00 e. The van der Waals surface area contributed by atoms with E-state index < -0.39 is 0 Å². The molecule has 0 radical (unpaired) electrons. The van der Waals surface area contributed by atoms with Gasteiger partial charge in [-0.1, -0.05) is 6.92 Å². The van der Waals surface area contributed by atoms with Crippen molar-refractivity contribution >= 4 is 0 Å². The second kappa shape index (κ2) is 6.81. The average Bonchev–Trinajstić information content (AvgIpc) is 1.38. The monoisotopic (exact) mass is 156 g/mol. The van der Waals surface area contributed by atoms with Crippen molar-refractivity contribution in [3.8, 4) is 0 Å². The SMILES string of the molecule is CC[C-](C)C.[Rb+]. The molecular formula is C5H11Rb. The fourth-order valence-electron chi connectivity index (χ4n) is 0. The van der Waals surface area contributed by atoms with Crippen LogP contribution in [0.15, 0.2) is 0 Å². The molecule has 0 N–H and O–H groups in total. The van der Waals surface area contributed by atoms with Gasteiger partial charge >= 0.3 is 58.2 Å². The standard InChI is InChI=1S/C5H11.Rb/c1-4-5(2)3;/h4H2,1-3H3;/q-1;+1. The third kappa shape index (κ3) is 9.26. The molecule has 0 atom stereocenters. The first kappa shape index (κ1) is 10.7. The molecule has 0 aromatic heterocycles. The van der Waals surface area contributed by atoms with Gasteiger partial charge in [-0.2, -0.15) is 20.3 Å². The molecule has 0 spiro atoms. The van der Waals surface area contributed by atoms with Gasteiger partial charge in [-0.15, -0.1) is 0 Å². The second-order valence-electron chi connectivity index (χ2n) is 1.56. The third-order valence-electron chi connectivity index (χ3n) is 0.707. The molecule has 0 saturated carbocycles. The maximum atomic E-state index is 2.16. The number of rotatable bonds is 1. The van der Waals surface area contributed by atoms with Crippen molar-refractivity contribution in [2.24, 2.45) is 0 Å². The Kier molecular flexibility index (Phi) is 12.2. The van der Waals surface area contributed by atoms with Crippen LogP contribution in [-0.4, -0.2) is 0 Å². The van der Waals surface area contributed by atoms with Crippen molar-refractivity contribution in [2.75, 3.05) is 0 Å². The fraction of sp³-hybridized carbons (Fsp3) is 0.800. The van der Waals surface area contributed by atoms with E-state index in [4.69, 9.17) is 0 Å². The van der Waals surface area contributed by atoms with E-state index >= 15 is 0 Å². The molecule has 6 heavy (non-hydrogen) atoms. The Bertz CT molecular complexity index is 17.9. The van der Waals surface area contributed by atoms with Gasteiger partial charge in [-0.05, 0) is 0 Å². The van der Waals surface area contributed by atoms with Crippen molar-refractivity contribution in [1.29, 1.82) is 0 Å². The average molecular weight is 157 g/mol. The van der Waals surface area contributed by atoms with Crippen LogP contribution in [0.1, 0.15) is 27.2 Å². The Labute approximate surface area is 89.5 Å². The molecule has 1 heteroatoms. The van der Waals surface area contributed by atoms with Crippen molar-refractivity contribution in [3.63, 3.8) is 0 Å². The molecule has 0 bridgehead atoms. The minimum absolute atomic E-state index is 0. The van der Waals surface area contributed by atoms with Crippen molar-refractivity contribution in [3.05, 3.63) is 5.92 Å². The van der Waals surface area contributed by atoms with Crippen molar-refractivity contribution in [2.45, 2.75) is 27.2 Å². The zero-order chi connectivity index (χ0) is 4.28. The summed E-state index contributed by atoms with van der Waals surface area (Å²) in [6.07, 6.45) is 1.22. The first-order valence-electron chi connectivity index (χ1n) is 2.06. The Morgan fingerprint density at radius 3 is 1.50 bits per heavy atom. The van der Waals surface area contributed by atoms with Gasteiger partial charge in [0.25, 0.3) is 0 Å². The molecule has 32 valence electrons. The van der Waals surface area contributed by atoms with Crippen LogP contribution in [0.3, 0.4) is 0 Å². The van der Waals surface area contributed by atoms with Gasteiger partial charge < -0.3 is 5.92 Å². The zero-order valence-electron chi connectivity index (χ0n) is 5.21. The van der Waals surface area contributed by atoms with E-state index in [1.165, 1.54) is 12.3 Å². The molecule has 0 aliphatic heterocycles. The predicted octanol–water partition coefficient (Wildman–Crippen LogP) is -0.985. The van der Waals surface area contributed by atoms with Crippen LogP contribution in [0.2, 0.25) is 0 Å². The van der Waals surface area contributed by atoms with Gasteiger partial charge in [-0.25, -0.2) is 0 Å². The number of hydrogen-bond donors (Lipinski definition) is 0. The van der Waals surface area contributed by atoms with Gasteiger partial charge in [0.05, 0.1) is 0 Å². The minimum atomic E-state index is 0. The molecule has 0 aliphatic rings. The summed E-state index contributed by atoms with van der Waals surface area (Å²) < 4.78 is 0. The number of hydrogen-bond acceptors (Lipinski definition) is 0. The quantitative estimate of drug-likeness (QED) is 0.428.